The Morgan fingerprint density at radius 2 is 1.58 bits per heavy atom. The maximum Gasteiger partial charge on any atom is 0.339 e. The number of esters is 1. The van der Waals surface area contributed by atoms with Crippen molar-refractivity contribution in [3.05, 3.63) is 102 Å². The number of para-hydroxylation sites is 1. The molecule has 4 rings (SSSR count). The number of carbonyl (C=O) groups is 2. The molecule has 0 saturated heterocycles. The molecule has 0 spiro atoms. The first-order chi connectivity index (χ1) is 15.1. The van der Waals surface area contributed by atoms with Gasteiger partial charge in [-0.05, 0) is 25.5 Å². The molecule has 1 aromatic heterocycles. The van der Waals surface area contributed by atoms with E-state index in [-0.39, 0.29) is 5.78 Å². The minimum atomic E-state index is -0.843. The van der Waals surface area contributed by atoms with Gasteiger partial charge in [-0.3, -0.25) is 4.79 Å². The molecular weight excluding hydrogens is 386 g/mol. The van der Waals surface area contributed by atoms with Gasteiger partial charge in [0.05, 0.1) is 16.8 Å². The van der Waals surface area contributed by atoms with Gasteiger partial charge in [-0.1, -0.05) is 85.3 Å². The van der Waals surface area contributed by atoms with E-state index in [2.05, 4.69) is 0 Å². The van der Waals surface area contributed by atoms with Gasteiger partial charge in [0, 0.05) is 16.5 Å². The van der Waals surface area contributed by atoms with E-state index < -0.39 is 12.1 Å². The van der Waals surface area contributed by atoms with Gasteiger partial charge in [0.1, 0.15) is 0 Å². The van der Waals surface area contributed by atoms with Crippen molar-refractivity contribution in [3.63, 3.8) is 0 Å². The Bertz CT molecular complexity index is 1230. The molecule has 4 aromatic rings. The average Bonchev–Trinajstić information content (AvgIpc) is 2.82. The quantitative estimate of drug-likeness (QED) is 0.288. The standard InChI is InChI=1S/C27H23NO3/c1-3-25(26(29)20-9-5-4-6-10-20)31-27(30)22-17-24(19-15-13-18(2)14-16-19)28-23-12-8-7-11-21(22)23/h4-17,25H,3H2,1-2H3. The zero-order valence-electron chi connectivity index (χ0n) is 17.5. The van der Waals surface area contributed by atoms with E-state index in [1.807, 2.05) is 68.4 Å². The van der Waals surface area contributed by atoms with Crippen molar-refractivity contribution in [2.45, 2.75) is 26.4 Å². The van der Waals surface area contributed by atoms with Gasteiger partial charge in [-0.15, -0.1) is 0 Å². The predicted molar refractivity (Wildman–Crippen MR) is 122 cm³/mol. The van der Waals surface area contributed by atoms with Crippen LogP contribution in [0.4, 0.5) is 0 Å². The number of hydrogen-bond acceptors (Lipinski definition) is 4. The lowest BCUT2D eigenvalue weighted by atomic mass is 10.0. The SMILES string of the molecule is CCC(OC(=O)c1cc(-c2ccc(C)cc2)nc2ccccc12)C(=O)c1ccccc1. The summed E-state index contributed by atoms with van der Waals surface area (Å²) in [4.78, 5) is 30.8. The number of ether oxygens (including phenoxy) is 1. The molecule has 0 N–H and O–H groups in total. The van der Waals surface area contributed by atoms with E-state index in [1.165, 1.54) is 0 Å². The van der Waals surface area contributed by atoms with E-state index in [9.17, 15) is 9.59 Å². The van der Waals surface area contributed by atoms with Crippen molar-refractivity contribution < 1.29 is 14.3 Å². The molecule has 4 heteroatoms. The lowest BCUT2D eigenvalue weighted by Crippen LogP contribution is -2.27. The molecule has 0 fully saturated rings. The maximum atomic E-state index is 13.2. The van der Waals surface area contributed by atoms with Crippen molar-refractivity contribution >= 4 is 22.7 Å². The number of pyridine rings is 1. The fourth-order valence-corrected chi connectivity index (χ4v) is 3.52. The van der Waals surface area contributed by atoms with Crippen molar-refractivity contribution in [3.8, 4) is 11.3 Å². The van der Waals surface area contributed by atoms with Gasteiger partial charge in [-0.2, -0.15) is 0 Å². The van der Waals surface area contributed by atoms with Crippen molar-refractivity contribution in [1.29, 1.82) is 0 Å². The number of nitrogens with zero attached hydrogens (tertiary/aromatic N) is 1. The fourth-order valence-electron chi connectivity index (χ4n) is 3.52. The van der Waals surface area contributed by atoms with Gasteiger partial charge < -0.3 is 4.74 Å². The molecule has 1 unspecified atom stereocenters. The highest BCUT2D eigenvalue weighted by Crippen LogP contribution is 2.26. The van der Waals surface area contributed by atoms with E-state index >= 15 is 0 Å². The summed E-state index contributed by atoms with van der Waals surface area (Å²) >= 11 is 0. The zero-order valence-corrected chi connectivity index (χ0v) is 17.5. The number of fused-ring (bicyclic) bond motifs is 1. The zero-order chi connectivity index (χ0) is 21.8. The van der Waals surface area contributed by atoms with E-state index in [4.69, 9.17) is 9.72 Å². The van der Waals surface area contributed by atoms with Crippen LogP contribution < -0.4 is 0 Å². The van der Waals surface area contributed by atoms with Crippen LogP contribution in [0.25, 0.3) is 22.2 Å². The first kappa shape index (κ1) is 20.5. The van der Waals surface area contributed by atoms with E-state index in [0.29, 0.717) is 34.1 Å². The largest absolute Gasteiger partial charge is 0.450 e. The molecule has 0 bridgehead atoms. The number of ketones is 1. The number of aromatic nitrogens is 1. The summed E-state index contributed by atoms with van der Waals surface area (Å²) < 4.78 is 5.70. The smallest absolute Gasteiger partial charge is 0.339 e. The molecule has 1 heterocycles. The van der Waals surface area contributed by atoms with Gasteiger partial charge in [0.2, 0.25) is 5.78 Å². The van der Waals surface area contributed by atoms with Crippen molar-refractivity contribution in [1.82, 2.24) is 4.98 Å². The number of aryl methyl sites for hydroxylation is 1. The van der Waals surface area contributed by atoms with E-state index in [1.54, 1.807) is 30.3 Å². The third kappa shape index (κ3) is 4.38. The van der Waals surface area contributed by atoms with Crippen LogP contribution in [-0.2, 0) is 4.74 Å². The van der Waals surface area contributed by atoms with Crippen LogP contribution in [0, 0.1) is 6.92 Å². The second-order valence-electron chi connectivity index (χ2n) is 7.47. The number of rotatable bonds is 6. The van der Waals surface area contributed by atoms with Crippen LogP contribution in [0.5, 0.6) is 0 Å². The minimum absolute atomic E-state index is 0.200. The summed E-state index contributed by atoms with van der Waals surface area (Å²) in [5, 5.41) is 0.699. The van der Waals surface area contributed by atoms with Crippen LogP contribution in [0.2, 0.25) is 0 Å². The molecule has 0 radical (unpaired) electrons. The van der Waals surface area contributed by atoms with Crippen LogP contribution in [0.3, 0.4) is 0 Å². The molecule has 0 aliphatic rings. The Balaban J connectivity index is 1.71. The summed E-state index contributed by atoms with van der Waals surface area (Å²) in [6.45, 7) is 3.86. The second kappa shape index (κ2) is 8.92. The molecule has 0 aliphatic heterocycles. The highest BCUT2D eigenvalue weighted by Gasteiger charge is 2.24. The van der Waals surface area contributed by atoms with Gasteiger partial charge in [0.15, 0.2) is 6.10 Å². The maximum absolute atomic E-state index is 13.2. The summed E-state index contributed by atoms with van der Waals surface area (Å²) in [5.41, 5.74) is 4.39. The summed E-state index contributed by atoms with van der Waals surface area (Å²) in [7, 11) is 0. The molecule has 1 atom stereocenters. The molecule has 0 saturated carbocycles. The number of benzene rings is 3. The van der Waals surface area contributed by atoms with Crippen LogP contribution in [0.15, 0.2) is 84.9 Å². The highest BCUT2D eigenvalue weighted by molar-refractivity contribution is 6.06. The Labute approximate surface area is 181 Å². The third-order valence-corrected chi connectivity index (χ3v) is 5.25. The number of Topliss-reactive ketones (excluding diaryl/α,β-unsaturated/α-hetero) is 1. The number of carbonyl (C=O) groups excluding carboxylic acids is 2. The summed E-state index contributed by atoms with van der Waals surface area (Å²) in [6.07, 6.45) is -0.447. The molecule has 3 aromatic carbocycles. The first-order valence-electron chi connectivity index (χ1n) is 10.3. The molecule has 0 aliphatic carbocycles. The molecule has 31 heavy (non-hydrogen) atoms. The fraction of sp³-hybridized carbons (Fsp3) is 0.148. The first-order valence-corrected chi connectivity index (χ1v) is 10.3. The van der Waals surface area contributed by atoms with Crippen LogP contribution in [0.1, 0.15) is 39.6 Å². The van der Waals surface area contributed by atoms with E-state index in [0.717, 1.165) is 11.1 Å². The lowest BCUT2D eigenvalue weighted by molar-refractivity contribution is 0.0279. The molecular formula is C27H23NO3. The van der Waals surface area contributed by atoms with Crippen molar-refractivity contribution in [2.24, 2.45) is 0 Å². The van der Waals surface area contributed by atoms with Gasteiger partial charge in [-0.25, -0.2) is 9.78 Å². The average molecular weight is 409 g/mol. The predicted octanol–water partition coefficient (Wildman–Crippen LogP) is 6.03. The third-order valence-electron chi connectivity index (χ3n) is 5.25. The topological polar surface area (TPSA) is 56.3 Å². The van der Waals surface area contributed by atoms with Gasteiger partial charge >= 0.3 is 5.97 Å². The molecule has 154 valence electrons. The number of hydrogen-bond donors (Lipinski definition) is 0. The minimum Gasteiger partial charge on any atom is -0.450 e. The second-order valence-corrected chi connectivity index (χ2v) is 7.47. The monoisotopic (exact) mass is 409 g/mol. The highest BCUT2D eigenvalue weighted by atomic mass is 16.5. The summed E-state index contributed by atoms with van der Waals surface area (Å²) in [6, 6.07) is 26.1. The molecule has 4 nitrogen and oxygen atoms in total. The lowest BCUT2D eigenvalue weighted by Gasteiger charge is -2.16. The molecule has 0 amide bonds. The van der Waals surface area contributed by atoms with Gasteiger partial charge in [0.25, 0.3) is 0 Å². The Morgan fingerprint density at radius 3 is 2.29 bits per heavy atom. The van der Waals surface area contributed by atoms with Crippen LogP contribution in [-0.4, -0.2) is 22.8 Å². The summed E-state index contributed by atoms with van der Waals surface area (Å²) in [5.74, 6) is -0.725. The normalized spacial score (nSPS) is 11.8. The van der Waals surface area contributed by atoms with Crippen LogP contribution >= 0.6 is 0 Å². The Hall–Kier alpha value is -3.79. The van der Waals surface area contributed by atoms with Crippen molar-refractivity contribution in [2.75, 3.05) is 0 Å². The Kier molecular flexibility index (Phi) is 5.89. The Morgan fingerprint density at radius 1 is 0.903 bits per heavy atom.